The summed E-state index contributed by atoms with van der Waals surface area (Å²) in [5.41, 5.74) is 6.87. The van der Waals surface area contributed by atoms with Crippen LogP contribution in [0.4, 0.5) is 0 Å². The fourth-order valence-electron chi connectivity index (χ4n) is 3.11. The van der Waals surface area contributed by atoms with Gasteiger partial charge in [-0.05, 0) is 49.4 Å². The minimum Gasteiger partial charge on any atom is -0.497 e. The van der Waals surface area contributed by atoms with Crippen LogP contribution in [0.25, 0.3) is 0 Å². The summed E-state index contributed by atoms with van der Waals surface area (Å²) in [6, 6.07) is 8.26. The molecule has 3 unspecified atom stereocenters. The number of likely N-dealkylation sites (tertiary alicyclic amines) is 1. The van der Waals surface area contributed by atoms with Crippen molar-refractivity contribution in [1.29, 1.82) is 0 Å². The summed E-state index contributed by atoms with van der Waals surface area (Å²) in [7, 11) is 1.66. The van der Waals surface area contributed by atoms with Crippen LogP contribution in [0.2, 0.25) is 0 Å². The van der Waals surface area contributed by atoms with Crippen LogP contribution in [0.1, 0.15) is 38.2 Å². The highest BCUT2D eigenvalue weighted by Gasteiger charge is 2.31. The smallest absolute Gasteiger partial charge is 0.223 e. The maximum Gasteiger partial charge on any atom is 0.223 e. The van der Waals surface area contributed by atoms with Gasteiger partial charge in [0.1, 0.15) is 5.75 Å². The quantitative estimate of drug-likeness (QED) is 0.905. The molecular weight excluding hydrogens is 300 g/mol. The first-order chi connectivity index (χ1) is 10.0. The van der Waals surface area contributed by atoms with E-state index in [1.165, 1.54) is 0 Å². The number of carbonyl (C=O) groups excluding carboxylic acids is 1. The molecule has 0 bridgehead atoms. The molecule has 0 radical (unpaired) electrons. The van der Waals surface area contributed by atoms with Gasteiger partial charge in [0.15, 0.2) is 0 Å². The molecule has 1 aliphatic rings. The Kier molecular flexibility index (Phi) is 7.17. The number of halogens is 1. The molecule has 1 heterocycles. The van der Waals surface area contributed by atoms with Gasteiger partial charge in [0.2, 0.25) is 5.91 Å². The minimum absolute atomic E-state index is 0. The highest BCUT2D eigenvalue weighted by molar-refractivity contribution is 5.85. The number of benzene rings is 1. The van der Waals surface area contributed by atoms with Gasteiger partial charge in [0.25, 0.3) is 0 Å². The number of nitrogens with zero attached hydrogens (tertiary/aromatic N) is 1. The first kappa shape index (κ1) is 18.8. The molecule has 3 atom stereocenters. The van der Waals surface area contributed by atoms with Gasteiger partial charge in [-0.3, -0.25) is 4.79 Å². The Balaban J connectivity index is 0.00000242. The molecule has 1 aromatic carbocycles. The molecule has 1 aromatic rings. The van der Waals surface area contributed by atoms with E-state index in [1.54, 1.807) is 7.11 Å². The molecule has 0 aromatic heterocycles. The van der Waals surface area contributed by atoms with Gasteiger partial charge in [-0.15, -0.1) is 12.4 Å². The number of methoxy groups -OCH3 is 1. The predicted octanol–water partition coefficient (Wildman–Crippen LogP) is 2.81. The lowest BCUT2D eigenvalue weighted by Gasteiger charge is -2.23. The van der Waals surface area contributed by atoms with Gasteiger partial charge in [-0.1, -0.05) is 19.1 Å². The molecule has 1 fully saturated rings. The van der Waals surface area contributed by atoms with Crippen LogP contribution in [-0.2, 0) is 4.79 Å². The number of nitrogens with two attached hydrogens (primary N) is 1. The molecule has 1 amide bonds. The summed E-state index contributed by atoms with van der Waals surface area (Å²) in [5.74, 6) is 1.71. The summed E-state index contributed by atoms with van der Waals surface area (Å²) in [6.45, 7) is 5.68. The fourth-order valence-corrected chi connectivity index (χ4v) is 3.11. The Morgan fingerprint density at radius 1 is 1.50 bits per heavy atom. The number of ether oxygens (including phenoxy) is 1. The zero-order chi connectivity index (χ0) is 15.4. The monoisotopic (exact) mass is 326 g/mol. The van der Waals surface area contributed by atoms with Crippen LogP contribution in [0.15, 0.2) is 24.3 Å². The zero-order valence-electron chi connectivity index (χ0n) is 13.6. The third kappa shape index (κ3) is 4.37. The van der Waals surface area contributed by atoms with E-state index in [-0.39, 0.29) is 24.2 Å². The molecule has 0 spiro atoms. The molecule has 22 heavy (non-hydrogen) atoms. The first-order valence-electron chi connectivity index (χ1n) is 7.68. The molecule has 1 saturated heterocycles. The highest BCUT2D eigenvalue weighted by Crippen LogP contribution is 2.27. The van der Waals surface area contributed by atoms with E-state index in [2.05, 4.69) is 19.9 Å². The van der Waals surface area contributed by atoms with Crippen molar-refractivity contribution in [3.05, 3.63) is 29.8 Å². The highest BCUT2D eigenvalue weighted by atomic mass is 35.5. The maximum atomic E-state index is 12.5. The molecule has 1 aliphatic heterocycles. The van der Waals surface area contributed by atoms with Gasteiger partial charge in [-0.25, -0.2) is 0 Å². The SMILES string of the molecule is COc1cccc(C(C)CC(=O)N2CC(CN)CC2C)c1.Cl. The van der Waals surface area contributed by atoms with E-state index in [9.17, 15) is 4.79 Å². The Morgan fingerprint density at radius 2 is 2.23 bits per heavy atom. The van der Waals surface area contributed by atoms with E-state index >= 15 is 0 Å². The lowest BCUT2D eigenvalue weighted by molar-refractivity contribution is -0.132. The lowest BCUT2D eigenvalue weighted by atomic mass is 9.97. The number of hydrogen-bond acceptors (Lipinski definition) is 3. The molecule has 0 aliphatic carbocycles. The van der Waals surface area contributed by atoms with Crippen LogP contribution >= 0.6 is 12.4 Å². The molecule has 124 valence electrons. The number of hydrogen-bond donors (Lipinski definition) is 1. The topological polar surface area (TPSA) is 55.6 Å². The van der Waals surface area contributed by atoms with Gasteiger partial charge >= 0.3 is 0 Å². The van der Waals surface area contributed by atoms with Gasteiger partial charge in [0.05, 0.1) is 7.11 Å². The lowest BCUT2D eigenvalue weighted by Crippen LogP contribution is -2.35. The van der Waals surface area contributed by atoms with E-state index in [0.29, 0.717) is 24.9 Å². The van der Waals surface area contributed by atoms with Crippen LogP contribution in [0.5, 0.6) is 5.75 Å². The van der Waals surface area contributed by atoms with Crippen LogP contribution in [0, 0.1) is 5.92 Å². The van der Waals surface area contributed by atoms with E-state index < -0.39 is 0 Å². The Bertz CT molecular complexity index is 495. The van der Waals surface area contributed by atoms with Crippen molar-refractivity contribution >= 4 is 18.3 Å². The van der Waals surface area contributed by atoms with Crippen molar-refractivity contribution in [3.8, 4) is 5.75 Å². The summed E-state index contributed by atoms with van der Waals surface area (Å²) < 4.78 is 5.25. The summed E-state index contributed by atoms with van der Waals surface area (Å²) >= 11 is 0. The van der Waals surface area contributed by atoms with Crippen molar-refractivity contribution < 1.29 is 9.53 Å². The Morgan fingerprint density at radius 3 is 2.82 bits per heavy atom. The standard InChI is InChI=1S/C17H26N2O2.ClH/c1-12(15-5-4-6-16(9-15)21-3)7-17(20)19-11-14(10-18)8-13(19)2;/h4-6,9,12-14H,7-8,10-11,18H2,1-3H3;1H. The Labute approximate surface area is 139 Å². The number of amides is 1. The predicted molar refractivity (Wildman–Crippen MR) is 91.6 cm³/mol. The molecule has 4 nitrogen and oxygen atoms in total. The summed E-state index contributed by atoms with van der Waals surface area (Å²) in [4.78, 5) is 14.5. The normalized spacial score (nSPS) is 22.1. The van der Waals surface area contributed by atoms with E-state index in [0.717, 1.165) is 24.3 Å². The minimum atomic E-state index is 0. The largest absolute Gasteiger partial charge is 0.497 e. The van der Waals surface area contributed by atoms with Gasteiger partial charge in [-0.2, -0.15) is 0 Å². The van der Waals surface area contributed by atoms with Gasteiger partial charge < -0.3 is 15.4 Å². The second kappa shape index (κ2) is 8.39. The third-order valence-corrected chi connectivity index (χ3v) is 4.46. The summed E-state index contributed by atoms with van der Waals surface area (Å²) in [6.07, 6.45) is 1.56. The van der Waals surface area contributed by atoms with Crippen molar-refractivity contribution in [2.24, 2.45) is 11.7 Å². The fraction of sp³-hybridized carbons (Fsp3) is 0.588. The van der Waals surface area contributed by atoms with Crippen LogP contribution in [-0.4, -0.2) is 37.0 Å². The van der Waals surface area contributed by atoms with Crippen molar-refractivity contribution in [1.82, 2.24) is 4.90 Å². The van der Waals surface area contributed by atoms with E-state index in [1.807, 2.05) is 23.1 Å². The molecule has 5 heteroatoms. The van der Waals surface area contributed by atoms with Gasteiger partial charge in [0, 0.05) is 19.0 Å². The second-order valence-electron chi connectivity index (χ2n) is 6.11. The average molecular weight is 327 g/mol. The van der Waals surface area contributed by atoms with Crippen molar-refractivity contribution in [3.63, 3.8) is 0 Å². The number of carbonyl (C=O) groups is 1. The van der Waals surface area contributed by atoms with Crippen LogP contribution < -0.4 is 10.5 Å². The maximum absolute atomic E-state index is 12.5. The zero-order valence-corrected chi connectivity index (χ0v) is 14.4. The number of rotatable bonds is 5. The molecular formula is C17H27ClN2O2. The van der Waals surface area contributed by atoms with Crippen LogP contribution in [0.3, 0.4) is 0 Å². The van der Waals surface area contributed by atoms with Crippen molar-refractivity contribution in [2.75, 3.05) is 20.2 Å². The van der Waals surface area contributed by atoms with Crippen molar-refractivity contribution in [2.45, 2.75) is 38.6 Å². The second-order valence-corrected chi connectivity index (χ2v) is 6.11. The third-order valence-electron chi connectivity index (χ3n) is 4.46. The molecule has 2 rings (SSSR count). The van der Waals surface area contributed by atoms with E-state index in [4.69, 9.17) is 10.5 Å². The first-order valence-corrected chi connectivity index (χ1v) is 7.68. The molecule has 2 N–H and O–H groups in total. The average Bonchev–Trinajstić information content (AvgIpc) is 2.88. The molecule has 0 saturated carbocycles. The Hall–Kier alpha value is -1.26. The summed E-state index contributed by atoms with van der Waals surface area (Å²) in [5, 5.41) is 0.